The number of piperidine rings is 1. The molecule has 0 amide bonds. The molecule has 2 aromatic carbocycles. The first-order chi connectivity index (χ1) is 15.4. The van der Waals surface area contributed by atoms with Crippen molar-refractivity contribution in [2.45, 2.75) is 37.0 Å². The van der Waals surface area contributed by atoms with Crippen molar-refractivity contribution in [1.29, 1.82) is 0 Å². The largest absolute Gasteiger partial charge is 0.477 e. The molecule has 2 unspecified atom stereocenters. The molecule has 176 valence electrons. The summed E-state index contributed by atoms with van der Waals surface area (Å²) in [5.41, 5.74) is 0.502. The fourth-order valence-corrected chi connectivity index (χ4v) is 8.49. The number of nitrogens with zero attached hydrogens (tertiary/aromatic N) is 2. The van der Waals surface area contributed by atoms with Crippen LogP contribution in [0, 0.1) is 18.8 Å². The van der Waals surface area contributed by atoms with E-state index >= 15 is 0 Å². The molecule has 1 fully saturated rings. The third kappa shape index (κ3) is 4.00. The Kier molecular flexibility index (Phi) is 5.97. The zero-order valence-corrected chi connectivity index (χ0v) is 20.8. The molecule has 0 bridgehead atoms. The molecule has 2 heterocycles. The summed E-state index contributed by atoms with van der Waals surface area (Å²) in [5, 5.41) is 10.5. The normalized spacial score (nSPS) is 20.2. The molecule has 1 N–H and O–H groups in total. The first kappa shape index (κ1) is 23.6. The van der Waals surface area contributed by atoms with Crippen LogP contribution in [0.1, 0.15) is 36.3 Å². The summed E-state index contributed by atoms with van der Waals surface area (Å²) in [6, 6.07) is 13.3. The van der Waals surface area contributed by atoms with Gasteiger partial charge in [0.1, 0.15) is 5.69 Å². The minimum Gasteiger partial charge on any atom is -0.477 e. The number of carbonyl (C=O) groups is 1. The fraction of sp³-hybridized carbons (Fsp3) is 0.320. The highest BCUT2D eigenvalue weighted by molar-refractivity contribution is 8.25. The van der Waals surface area contributed by atoms with E-state index in [9.17, 15) is 18.3 Å². The lowest BCUT2D eigenvalue weighted by molar-refractivity contribution is 0.0689. The average molecular weight is 487 g/mol. The van der Waals surface area contributed by atoms with E-state index in [4.69, 9.17) is 0 Å². The molecule has 33 heavy (non-hydrogen) atoms. The zero-order chi connectivity index (χ0) is 24.1. The topological polar surface area (TPSA) is 79.6 Å². The van der Waals surface area contributed by atoms with E-state index in [1.165, 1.54) is 18.6 Å². The van der Waals surface area contributed by atoms with Crippen LogP contribution < -0.4 is 0 Å². The molecule has 1 aliphatic rings. The zero-order valence-electron chi connectivity index (χ0n) is 19.2. The molecule has 3 aromatic rings. The molecule has 0 spiro atoms. The lowest BCUT2D eigenvalue weighted by Gasteiger charge is -2.40. The fourth-order valence-electron chi connectivity index (χ4n) is 4.86. The monoisotopic (exact) mass is 486 g/mol. The lowest BCUT2D eigenvalue weighted by atomic mass is 9.94. The van der Waals surface area contributed by atoms with E-state index in [-0.39, 0.29) is 10.6 Å². The van der Waals surface area contributed by atoms with E-state index < -0.39 is 25.4 Å². The number of fused-ring (bicyclic) bond motifs is 1. The van der Waals surface area contributed by atoms with Crippen molar-refractivity contribution in [2.75, 3.05) is 13.1 Å². The van der Waals surface area contributed by atoms with Crippen molar-refractivity contribution in [3.05, 3.63) is 59.8 Å². The summed E-state index contributed by atoms with van der Waals surface area (Å²) in [6.07, 6.45) is 1.17. The molecule has 1 aromatic heterocycles. The van der Waals surface area contributed by atoms with Gasteiger partial charge in [-0.1, -0.05) is 43.8 Å². The summed E-state index contributed by atoms with van der Waals surface area (Å²) in [6.45, 7) is 7.94. The number of carboxylic acid groups (broad SMARTS) is 1. The molecule has 0 aliphatic carbocycles. The summed E-state index contributed by atoms with van der Waals surface area (Å²) in [4.78, 5) is 13.1. The number of rotatable bonds is 5. The molecular formula is C25H30N2O4S2. The third-order valence-corrected chi connectivity index (χ3v) is 10.5. The minimum absolute atomic E-state index is 0.0408. The predicted molar refractivity (Wildman–Crippen MR) is 137 cm³/mol. The number of hydrogen-bond acceptors (Lipinski definition) is 4. The Hall–Kier alpha value is -2.55. The minimum atomic E-state index is -4.10. The molecule has 2 atom stereocenters. The first-order valence-corrected chi connectivity index (χ1v) is 14.2. The lowest BCUT2D eigenvalue weighted by Crippen LogP contribution is -2.36. The molecule has 0 radical (unpaired) electrons. The van der Waals surface area contributed by atoms with Gasteiger partial charge in [0.05, 0.1) is 10.4 Å². The standard InChI is InChI=1S/C25H30N2O4S2/c1-17-13-18(2)16-26(15-17)32(4,5)21-11-12-23-22(14-21)19(3)24(25(28)29)27(23)33(30,31)20-9-7-6-8-10-20/h6-12,14,17-18H,4-5,13,15-16H2,1-3H3,(H,28,29). The average Bonchev–Trinajstić information content (AvgIpc) is 3.06. The molecule has 1 saturated heterocycles. The van der Waals surface area contributed by atoms with Gasteiger partial charge in [-0.2, -0.15) is 0 Å². The van der Waals surface area contributed by atoms with Crippen molar-refractivity contribution >= 4 is 48.0 Å². The van der Waals surface area contributed by atoms with Gasteiger partial charge in [-0.25, -0.2) is 17.2 Å². The van der Waals surface area contributed by atoms with Gasteiger partial charge < -0.3 is 5.11 Å². The van der Waals surface area contributed by atoms with Gasteiger partial charge in [0.15, 0.2) is 0 Å². The highest BCUT2D eigenvalue weighted by Crippen LogP contribution is 2.42. The van der Waals surface area contributed by atoms with Crippen molar-refractivity contribution in [1.82, 2.24) is 8.28 Å². The van der Waals surface area contributed by atoms with Gasteiger partial charge >= 0.3 is 5.97 Å². The third-order valence-electron chi connectivity index (χ3n) is 6.40. The SMILES string of the molecule is C=S(=C)(c1ccc2c(c1)c(C)c(C(=O)O)n2S(=O)(=O)c1ccccc1)N1CC(C)CC(C)C1. The Morgan fingerprint density at radius 3 is 2.18 bits per heavy atom. The number of aryl methyl sites for hydroxylation is 1. The maximum atomic E-state index is 13.5. The highest BCUT2D eigenvalue weighted by atomic mass is 32.2. The molecule has 1 aliphatic heterocycles. The van der Waals surface area contributed by atoms with E-state index in [2.05, 4.69) is 29.9 Å². The van der Waals surface area contributed by atoms with Crippen LogP contribution in [0.5, 0.6) is 0 Å². The smallest absolute Gasteiger partial charge is 0.353 e. The van der Waals surface area contributed by atoms with Crippen LogP contribution in [0.4, 0.5) is 0 Å². The van der Waals surface area contributed by atoms with E-state index in [0.29, 0.717) is 28.3 Å². The first-order valence-electron chi connectivity index (χ1n) is 10.9. The molecule has 4 rings (SSSR count). The number of hydrogen-bond donors (Lipinski definition) is 1. The van der Waals surface area contributed by atoms with Crippen molar-refractivity contribution in [3.63, 3.8) is 0 Å². The highest BCUT2D eigenvalue weighted by Gasteiger charge is 2.30. The van der Waals surface area contributed by atoms with Crippen molar-refractivity contribution in [3.8, 4) is 0 Å². The molecule has 8 heteroatoms. The Morgan fingerprint density at radius 1 is 1.00 bits per heavy atom. The maximum absolute atomic E-state index is 13.5. The van der Waals surface area contributed by atoms with Crippen LogP contribution in [0.3, 0.4) is 0 Å². The number of benzene rings is 2. The summed E-state index contributed by atoms with van der Waals surface area (Å²) < 4.78 is 30.2. The van der Waals surface area contributed by atoms with E-state index in [0.717, 1.165) is 22.0 Å². The van der Waals surface area contributed by atoms with E-state index in [1.54, 1.807) is 31.2 Å². The summed E-state index contributed by atoms with van der Waals surface area (Å²) in [5.74, 6) is 8.78. The Balaban J connectivity index is 1.92. The second kappa shape index (κ2) is 8.34. The number of carboxylic acids is 1. The second-order valence-corrected chi connectivity index (χ2v) is 13.6. The molecule has 0 saturated carbocycles. The quantitative estimate of drug-likeness (QED) is 0.524. The van der Waals surface area contributed by atoms with Gasteiger partial charge in [-0.05, 0) is 61.1 Å². The van der Waals surface area contributed by atoms with Gasteiger partial charge in [0, 0.05) is 23.4 Å². The number of aromatic carboxylic acids is 1. The summed E-state index contributed by atoms with van der Waals surface area (Å²) >= 11 is 0. The number of aromatic nitrogens is 1. The van der Waals surface area contributed by atoms with Crippen molar-refractivity contribution in [2.24, 2.45) is 11.8 Å². The Morgan fingerprint density at radius 2 is 1.61 bits per heavy atom. The Bertz CT molecular complexity index is 1430. The predicted octanol–water partition coefficient (Wildman–Crippen LogP) is 4.81. The maximum Gasteiger partial charge on any atom is 0.353 e. The van der Waals surface area contributed by atoms with Gasteiger partial charge in [0.25, 0.3) is 10.0 Å². The van der Waals surface area contributed by atoms with Crippen LogP contribution in [0.15, 0.2) is 58.3 Å². The van der Waals surface area contributed by atoms with Gasteiger partial charge in [0.2, 0.25) is 0 Å². The van der Waals surface area contributed by atoms with Crippen molar-refractivity contribution < 1.29 is 18.3 Å². The van der Waals surface area contributed by atoms with Crippen LogP contribution in [0.25, 0.3) is 10.9 Å². The van der Waals surface area contributed by atoms with Crippen LogP contribution >= 0.6 is 9.39 Å². The second-order valence-electron chi connectivity index (χ2n) is 9.18. The van der Waals surface area contributed by atoms with Gasteiger partial charge in [-0.15, -0.1) is 9.39 Å². The Labute approximate surface area is 196 Å². The van der Waals surface area contributed by atoms with Gasteiger partial charge in [-0.3, -0.25) is 4.31 Å². The molecular weight excluding hydrogens is 456 g/mol. The van der Waals surface area contributed by atoms with Crippen LogP contribution in [0.2, 0.25) is 0 Å². The van der Waals surface area contributed by atoms with Crippen LogP contribution in [-0.4, -0.2) is 52.6 Å². The van der Waals surface area contributed by atoms with Crippen LogP contribution in [-0.2, 0) is 10.0 Å². The summed E-state index contributed by atoms with van der Waals surface area (Å²) in [7, 11) is -5.92. The van der Waals surface area contributed by atoms with E-state index in [1.807, 2.05) is 12.1 Å². The molecule has 6 nitrogen and oxygen atoms in total.